The SMILES string of the molecule is CSCc1ccc(C(=O)NCC(=O)N2CCCCC2)cc1. The summed E-state index contributed by atoms with van der Waals surface area (Å²) in [5.74, 6) is 0.771. The van der Waals surface area contributed by atoms with Gasteiger partial charge in [0.15, 0.2) is 0 Å². The lowest BCUT2D eigenvalue weighted by Gasteiger charge is -2.26. The van der Waals surface area contributed by atoms with Gasteiger partial charge in [0.05, 0.1) is 6.54 Å². The fourth-order valence-corrected chi connectivity index (χ4v) is 2.96. The largest absolute Gasteiger partial charge is 0.343 e. The van der Waals surface area contributed by atoms with Gasteiger partial charge in [-0.05, 0) is 43.2 Å². The second-order valence-electron chi connectivity index (χ2n) is 5.25. The first-order valence-electron chi connectivity index (χ1n) is 7.34. The van der Waals surface area contributed by atoms with Gasteiger partial charge in [0.2, 0.25) is 5.91 Å². The Morgan fingerprint density at radius 2 is 1.81 bits per heavy atom. The summed E-state index contributed by atoms with van der Waals surface area (Å²) in [6.45, 7) is 1.72. The van der Waals surface area contributed by atoms with Gasteiger partial charge in [-0.3, -0.25) is 9.59 Å². The molecule has 5 heteroatoms. The molecule has 1 aliphatic rings. The highest BCUT2D eigenvalue weighted by atomic mass is 32.2. The number of nitrogens with zero attached hydrogens (tertiary/aromatic N) is 1. The first-order chi connectivity index (χ1) is 10.2. The molecule has 2 rings (SSSR count). The molecule has 2 amide bonds. The van der Waals surface area contributed by atoms with Crippen molar-refractivity contribution in [2.24, 2.45) is 0 Å². The second kappa shape index (κ2) is 8.08. The quantitative estimate of drug-likeness (QED) is 0.908. The molecule has 1 heterocycles. The summed E-state index contributed by atoms with van der Waals surface area (Å²) in [5.41, 5.74) is 1.80. The van der Waals surface area contributed by atoms with Crippen molar-refractivity contribution < 1.29 is 9.59 Å². The van der Waals surface area contributed by atoms with E-state index < -0.39 is 0 Å². The minimum atomic E-state index is -0.184. The van der Waals surface area contributed by atoms with Gasteiger partial charge in [-0.2, -0.15) is 11.8 Å². The van der Waals surface area contributed by atoms with Crippen LogP contribution in [0.4, 0.5) is 0 Å². The summed E-state index contributed by atoms with van der Waals surface area (Å²) in [5, 5.41) is 2.71. The molecule has 1 aliphatic heterocycles. The van der Waals surface area contributed by atoms with Gasteiger partial charge >= 0.3 is 0 Å². The fourth-order valence-electron chi connectivity index (χ4n) is 2.43. The minimum Gasteiger partial charge on any atom is -0.343 e. The Hall–Kier alpha value is -1.49. The van der Waals surface area contributed by atoms with E-state index in [1.807, 2.05) is 35.4 Å². The summed E-state index contributed by atoms with van der Waals surface area (Å²) >= 11 is 1.75. The van der Waals surface area contributed by atoms with Crippen molar-refractivity contribution in [3.05, 3.63) is 35.4 Å². The van der Waals surface area contributed by atoms with Gasteiger partial charge < -0.3 is 10.2 Å². The van der Waals surface area contributed by atoms with Crippen LogP contribution in [-0.4, -0.2) is 42.6 Å². The summed E-state index contributed by atoms with van der Waals surface area (Å²) in [6.07, 6.45) is 5.37. The van der Waals surface area contributed by atoms with Crippen LogP contribution in [0, 0.1) is 0 Å². The Kier molecular flexibility index (Phi) is 6.11. The van der Waals surface area contributed by atoms with Crippen molar-refractivity contribution in [2.75, 3.05) is 25.9 Å². The Morgan fingerprint density at radius 3 is 2.43 bits per heavy atom. The highest BCUT2D eigenvalue weighted by Crippen LogP contribution is 2.11. The van der Waals surface area contributed by atoms with Gasteiger partial charge in [0.25, 0.3) is 5.91 Å². The van der Waals surface area contributed by atoms with E-state index in [0.717, 1.165) is 31.7 Å². The van der Waals surface area contributed by atoms with Crippen LogP contribution >= 0.6 is 11.8 Å². The highest BCUT2D eigenvalue weighted by molar-refractivity contribution is 7.97. The second-order valence-corrected chi connectivity index (χ2v) is 6.12. The number of hydrogen-bond donors (Lipinski definition) is 1. The van der Waals surface area contributed by atoms with Gasteiger partial charge in [-0.15, -0.1) is 0 Å². The summed E-state index contributed by atoms with van der Waals surface area (Å²) in [7, 11) is 0. The van der Waals surface area contributed by atoms with E-state index in [1.54, 1.807) is 11.8 Å². The molecule has 0 aromatic heterocycles. The van der Waals surface area contributed by atoms with E-state index in [0.29, 0.717) is 5.56 Å². The average Bonchev–Trinajstić information content (AvgIpc) is 2.54. The smallest absolute Gasteiger partial charge is 0.251 e. The van der Waals surface area contributed by atoms with Crippen LogP contribution in [0.2, 0.25) is 0 Å². The molecule has 0 aliphatic carbocycles. The summed E-state index contributed by atoms with van der Waals surface area (Å²) < 4.78 is 0. The predicted molar refractivity (Wildman–Crippen MR) is 86.4 cm³/mol. The number of thioether (sulfide) groups is 1. The average molecular weight is 306 g/mol. The lowest BCUT2D eigenvalue weighted by Crippen LogP contribution is -2.42. The Bertz CT molecular complexity index is 482. The highest BCUT2D eigenvalue weighted by Gasteiger charge is 2.17. The van der Waals surface area contributed by atoms with E-state index in [4.69, 9.17) is 0 Å². The Morgan fingerprint density at radius 1 is 1.14 bits per heavy atom. The van der Waals surface area contributed by atoms with Crippen LogP contribution in [0.15, 0.2) is 24.3 Å². The standard InChI is InChI=1S/C16H22N2O2S/c1-21-12-13-5-7-14(8-6-13)16(20)17-11-15(19)18-9-3-2-4-10-18/h5-8H,2-4,9-12H2,1H3,(H,17,20). The van der Waals surface area contributed by atoms with Crippen LogP contribution in [0.25, 0.3) is 0 Å². The molecule has 1 saturated heterocycles. The molecule has 1 aromatic carbocycles. The number of carbonyl (C=O) groups excluding carboxylic acids is 2. The monoisotopic (exact) mass is 306 g/mol. The molecule has 1 fully saturated rings. The third kappa shape index (κ3) is 4.77. The fraction of sp³-hybridized carbons (Fsp3) is 0.500. The molecule has 0 unspecified atom stereocenters. The maximum absolute atomic E-state index is 12.0. The lowest BCUT2D eigenvalue weighted by atomic mass is 10.1. The number of nitrogens with one attached hydrogen (secondary N) is 1. The number of amides is 2. The van der Waals surface area contributed by atoms with E-state index in [9.17, 15) is 9.59 Å². The number of carbonyl (C=O) groups is 2. The van der Waals surface area contributed by atoms with Crippen LogP contribution in [0.1, 0.15) is 35.2 Å². The van der Waals surface area contributed by atoms with Crippen LogP contribution in [0.5, 0.6) is 0 Å². The van der Waals surface area contributed by atoms with E-state index in [2.05, 4.69) is 5.32 Å². The summed E-state index contributed by atoms with van der Waals surface area (Å²) in [4.78, 5) is 25.8. The first kappa shape index (κ1) is 15.9. The zero-order valence-corrected chi connectivity index (χ0v) is 13.2. The van der Waals surface area contributed by atoms with Gasteiger partial charge in [-0.25, -0.2) is 0 Å². The number of hydrogen-bond acceptors (Lipinski definition) is 3. The molecule has 114 valence electrons. The van der Waals surface area contributed by atoms with Crippen LogP contribution < -0.4 is 5.32 Å². The van der Waals surface area contributed by atoms with Crippen LogP contribution in [-0.2, 0) is 10.5 Å². The molecule has 1 N–H and O–H groups in total. The van der Waals surface area contributed by atoms with Crippen molar-refractivity contribution >= 4 is 23.6 Å². The zero-order valence-electron chi connectivity index (χ0n) is 12.4. The third-order valence-corrected chi connectivity index (χ3v) is 4.26. The van der Waals surface area contributed by atoms with E-state index >= 15 is 0 Å². The topological polar surface area (TPSA) is 49.4 Å². The molecule has 0 saturated carbocycles. The van der Waals surface area contributed by atoms with Crippen molar-refractivity contribution in [2.45, 2.75) is 25.0 Å². The van der Waals surface area contributed by atoms with Gasteiger partial charge in [0.1, 0.15) is 0 Å². The number of piperidine rings is 1. The van der Waals surface area contributed by atoms with Gasteiger partial charge in [-0.1, -0.05) is 12.1 Å². The van der Waals surface area contributed by atoms with Crippen molar-refractivity contribution in [3.8, 4) is 0 Å². The predicted octanol–water partition coefficient (Wildman–Crippen LogP) is 2.29. The molecule has 0 atom stereocenters. The van der Waals surface area contributed by atoms with E-state index in [1.165, 1.54) is 12.0 Å². The molecule has 1 aromatic rings. The molecular formula is C16H22N2O2S. The van der Waals surface area contributed by atoms with E-state index in [-0.39, 0.29) is 18.4 Å². The third-order valence-electron chi connectivity index (χ3n) is 3.64. The van der Waals surface area contributed by atoms with Crippen molar-refractivity contribution in [3.63, 3.8) is 0 Å². The Labute approximate surface area is 130 Å². The maximum atomic E-state index is 12.0. The molecule has 21 heavy (non-hydrogen) atoms. The molecule has 4 nitrogen and oxygen atoms in total. The lowest BCUT2D eigenvalue weighted by molar-refractivity contribution is -0.130. The Balaban J connectivity index is 1.82. The minimum absolute atomic E-state index is 0.0158. The number of likely N-dealkylation sites (tertiary alicyclic amines) is 1. The number of benzene rings is 1. The number of rotatable bonds is 5. The van der Waals surface area contributed by atoms with Crippen molar-refractivity contribution in [1.29, 1.82) is 0 Å². The first-order valence-corrected chi connectivity index (χ1v) is 8.74. The molecular weight excluding hydrogens is 284 g/mol. The zero-order chi connectivity index (χ0) is 15.1. The van der Waals surface area contributed by atoms with Gasteiger partial charge in [0, 0.05) is 24.4 Å². The molecule has 0 bridgehead atoms. The normalized spacial score (nSPS) is 14.8. The van der Waals surface area contributed by atoms with Crippen molar-refractivity contribution in [1.82, 2.24) is 10.2 Å². The van der Waals surface area contributed by atoms with Crippen LogP contribution in [0.3, 0.4) is 0 Å². The maximum Gasteiger partial charge on any atom is 0.251 e. The summed E-state index contributed by atoms with van der Waals surface area (Å²) in [6, 6.07) is 7.54. The molecule has 0 radical (unpaired) electrons. The molecule has 0 spiro atoms.